The molecule has 0 spiro atoms. The topological polar surface area (TPSA) is 177 Å². The Kier molecular flexibility index (Phi) is 3.82. The van der Waals surface area contributed by atoms with Crippen LogP contribution >= 0.6 is 7.60 Å². The lowest BCUT2D eigenvalue weighted by molar-refractivity contribution is -0.0227. The molecule has 1 aliphatic heterocycles. The highest BCUT2D eigenvalue weighted by molar-refractivity contribution is 7.55. The van der Waals surface area contributed by atoms with Crippen LogP contribution < -0.4 is 11.3 Å². The summed E-state index contributed by atoms with van der Waals surface area (Å²) in [4.78, 5) is 39.6. The summed E-state index contributed by atoms with van der Waals surface area (Å²) in [5, 5.41) is 10.1. The van der Waals surface area contributed by atoms with Crippen molar-refractivity contribution in [2.45, 2.75) is 24.9 Å². The summed E-state index contributed by atoms with van der Waals surface area (Å²) in [6.45, 7) is 0. The van der Waals surface area contributed by atoms with Crippen molar-refractivity contribution in [2.24, 2.45) is 0 Å². The van der Waals surface area contributed by atoms with E-state index in [2.05, 4.69) is 15.0 Å². The van der Waals surface area contributed by atoms with Crippen LogP contribution in [0.25, 0.3) is 11.2 Å². The van der Waals surface area contributed by atoms with Crippen LogP contribution in [-0.4, -0.2) is 46.6 Å². The molecule has 1 fully saturated rings. The van der Waals surface area contributed by atoms with E-state index in [0.29, 0.717) is 0 Å². The van der Waals surface area contributed by atoms with Crippen LogP contribution in [0.5, 0.6) is 0 Å². The van der Waals surface area contributed by atoms with E-state index in [1.54, 1.807) is 0 Å². The van der Waals surface area contributed by atoms with Crippen molar-refractivity contribution in [1.29, 1.82) is 0 Å². The molecular formula is C11H14N5O6P. The molecule has 0 amide bonds. The number of aromatic nitrogens is 4. The Labute approximate surface area is 128 Å². The van der Waals surface area contributed by atoms with Gasteiger partial charge in [-0.1, -0.05) is 0 Å². The number of ether oxygens (including phenoxy) is 1. The summed E-state index contributed by atoms with van der Waals surface area (Å²) < 4.78 is 17.8. The minimum atomic E-state index is -4.31. The highest BCUT2D eigenvalue weighted by Gasteiger charge is 2.35. The van der Waals surface area contributed by atoms with Crippen molar-refractivity contribution in [3.05, 3.63) is 28.6 Å². The summed E-state index contributed by atoms with van der Waals surface area (Å²) in [6.07, 6.45) is 0.0349. The first-order valence-corrected chi connectivity index (χ1v) is 8.23. The Morgan fingerprint density at radius 2 is 2.26 bits per heavy atom. The molecule has 0 saturated carbocycles. The highest BCUT2D eigenvalue weighted by atomic mass is 31.2. The first kappa shape index (κ1) is 15.8. The molecule has 6 N–H and O–H groups in total. The number of aliphatic hydroxyl groups is 1. The van der Waals surface area contributed by atoms with E-state index in [0.717, 1.165) is 5.82 Å². The van der Waals surface area contributed by atoms with Crippen LogP contribution in [0.1, 0.15) is 12.6 Å². The highest BCUT2D eigenvalue weighted by Crippen LogP contribution is 2.38. The number of anilines is 1. The largest absolute Gasteiger partial charge is 0.388 e. The third kappa shape index (κ3) is 3.19. The lowest BCUT2D eigenvalue weighted by atomic mass is 10.2. The van der Waals surface area contributed by atoms with E-state index in [1.165, 1.54) is 17.0 Å². The zero-order valence-corrected chi connectivity index (χ0v) is 12.5. The van der Waals surface area contributed by atoms with E-state index < -0.39 is 31.6 Å². The van der Waals surface area contributed by atoms with E-state index in [-0.39, 0.29) is 23.5 Å². The van der Waals surface area contributed by atoms with Crippen LogP contribution in [0, 0.1) is 0 Å². The van der Waals surface area contributed by atoms with Crippen molar-refractivity contribution in [1.82, 2.24) is 19.5 Å². The molecule has 124 valence electrons. The Morgan fingerprint density at radius 1 is 1.52 bits per heavy atom. The molecular weight excluding hydrogens is 329 g/mol. The molecule has 12 heteroatoms. The maximum atomic E-state index is 11.7. The van der Waals surface area contributed by atoms with Gasteiger partial charge in [-0.25, -0.2) is 4.98 Å². The predicted octanol–water partition coefficient (Wildman–Crippen LogP) is -0.958. The lowest BCUT2D eigenvalue weighted by Gasteiger charge is -2.16. The Hall–Kier alpha value is -2.04. The molecule has 23 heavy (non-hydrogen) atoms. The normalized spacial score (nSPS) is 25.6. The molecule has 1 aliphatic rings. The SMILES string of the molecule is Nc1nc2c(ncn2[C@@H]2O[C@H](C=CP(=O)(O)O)C[C@H]2O)c(=O)[nH]1. The van der Waals surface area contributed by atoms with Crippen molar-refractivity contribution < 1.29 is 24.2 Å². The van der Waals surface area contributed by atoms with Gasteiger partial charge >= 0.3 is 7.60 Å². The molecule has 3 atom stereocenters. The Bertz CT molecular complexity index is 869. The van der Waals surface area contributed by atoms with Gasteiger partial charge in [0.25, 0.3) is 5.56 Å². The fourth-order valence-corrected chi connectivity index (χ4v) is 2.81. The molecule has 11 nitrogen and oxygen atoms in total. The second-order valence-corrected chi connectivity index (χ2v) is 6.55. The van der Waals surface area contributed by atoms with E-state index in [9.17, 15) is 14.5 Å². The van der Waals surface area contributed by atoms with E-state index >= 15 is 0 Å². The van der Waals surface area contributed by atoms with Crippen molar-refractivity contribution in [3.63, 3.8) is 0 Å². The molecule has 0 aromatic carbocycles. The van der Waals surface area contributed by atoms with Gasteiger partial charge in [0.05, 0.1) is 12.4 Å². The third-order valence-electron chi connectivity index (χ3n) is 3.34. The zero-order valence-electron chi connectivity index (χ0n) is 11.6. The minimum absolute atomic E-state index is 0.0456. The van der Waals surface area contributed by atoms with Crippen LogP contribution in [0.4, 0.5) is 5.95 Å². The number of nitrogens with one attached hydrogen (secondary N) is 1. The Balaban J connectivity index is 1.92. The van der Waals surface area contributed by atoms with Gasteiger partial charge in [0.2, 0.25) is 5.95 Å². The van der Waals surface area contributed by atoms with Gasteiger partial charge in [-0.15, -0.1) is 0 Å². The smallest absolute Gasteiger partial charge is 0.348 e. The zero-order chi connectivity index (χ0) is 16.8. The third-order valence-corrected chi connectivity index (χ3v) is 3.90. The van der Waals surface area contributed by atoms with Crippen molar-refractivity contribution >= 4 is 24.7 Å². The van der Waals surface area contributed by atoms with Gasteiger partial charge in [-0.3, -0.25) is 18.9 Å². The number of aromatic amines is 1. The maximum Gasteiger partial charge on any atom is 0.348 e. The fourth-order valence-electron chi connectivity index (χ4n) is 2.39. The van der Waals surface area contributed by atoms with Gasteiger partial charge in [0.15, 0.2) is 17.4 Å². The first-order valence-electron chi connectivity index (χ1n) is 6.55. The number of hydrogen-bond donors (Lipinski definition) is 5. The number of nitrogen functional groups attached to an aromatic ring is 1. The van der Waals surface area contributed by atoms with Gasteiger partial charge in [0.1, 0.15) is 6.10 Å². The maximum absolute atomic E-state index is 11.7. The van der Waals surface area contributed by atoms with Crippen molar-refractivity contribution in [3.8, 4) is 0 Å². The van der Waals surface area contributed by atoms with Crippen LogP contribution in [-0.2, 0) is 9.30 Å². The average Bonchev–Trinajstić information content (AvgIpc) is 2.99. The number of hydrogen-bond acceptors (Lipinski definition) is 7. The molecule has 0 unspecified atom stereocenters. The van der Waals surface area contributed by atoms with Gasteiger partial charge in [-0.05, 0) is 6.08 Å². The standard InChI is InChI=1S/C11H14N5O6P/c12-11-14-8-7(9(18)15-11)13-4-16(8)10-6(17)3-5(22-10)1-2-23(19,20)21/h1-2,4-6,10,17H,3H2,(H2,19,20,21)(H3,12,14,15,18)/t5-,6-,10-/m1/s1. The molecule has 1 saturated heterocycles. The summed E-state index contributed by atoms with van der Waals surface area (Å²) in [7, 11) is -4.31. The monoisotopic (exact) mass is 343 g/mol. The molecule has 0 radical (unpaired) electrons. The number of nitrogens with zero attached hydrogens (tertiary/aromatic N) is 3. The summed E-state index contributed by atoms with van der Waals surface area (Å²) in [6, 6.07) is 0. The first-order chi connectivity index (χ1) is 10.7. The summed E-state index contributed by atoms with van der Waals surface area (Å²) >= 11 is 0. The summed E-state index contributed by atoms with van der Waals surface area (Å²) in [5.74, 6) is 0.620. The number of imidazole rings is 1. The Morgan fingerprint density at radius 3 is 2.96 bits per heavy atom. The molecule has 2 aromatic heterocycles. The predicted molar refractivity (Wildman–Crippen MR) is 78.3 cm³/mol. The molecule has 2 aromatic rings. The lowest BCUT2D eigenvalue weighted by Crippen LogP contribution is -2.20. The minimum Gasteiger partial charge on any atom is -0.388 e. The van der Waals surface area contributed by atoms with Crippen LogP contribution in [0.2, 0.25) is 0 Å². The van der Waals surface area contributed by atoms with Crippen LogP contribution in [0.15, 0.2) is 23.0 Å². The number of H-pyrrole nitrogens is 1. The quantitative estimate of drug-likeness (QED) is 0.439. The average molecular weight is 343 g/mol. The number of aliphatic hydroxyl groups excluding tert-OH is 1. The van der Waals surface area contributed by atoms with Gasteiger partial charge < -0.3 is 25.4 Å². The van der Waals surface area contributed by atoms with Crippen LogP contribution in [0.3, 0.4) is 0 Å². The second-order valence-electron chi connectivity index (χ2n) is 5.07. The second kappa shape index (κ2) is 5.55. The number of rotatable bonds is 3. The fraction of sp³-hybridized carbons (Fsp3) is 0.364. The number of nitrogens with two attached hydrogens (primary N) is 1. The number of fused-ring (bicyclic) bond motifs is 1. The molecule has 0 bridgehead atoms. The van der Waals surface area contributed by atoms with E-state index in [1.807, 2.05) is 0 Å². The molecule has 3 rings (SSSR count). The molecule has 0 aliphatic carbocycles. The molecule has 3 heterocycles. The van der Waals surface area contributed by atoms with Gasteiger partial charge in [0, 0.05) is 12.2 Å². The van der Waals surface area contributed by atoms with Crippen molar-refractivity contribution in [2.75, 3.05) is 5.73 Å². The van der Waals surface area contributed by atoms with E-state index in [4.69, 9.17) is 20.3 Å². The summed E-state index contributed by atoms with van der Waals surface area (Å²) in [5.41, 5.74) is 5.18. The van der Waals surface area contributed by atoms with Gasteiger partial charge in [-0.2, -0.15) is 4.98 Å².